The summed E-state index contributed by atoms with van der Waals surface area (Å²) in [6.45, 7) is 17.8. The van der Waals surface area contributed by atoms with Crippen LogP contribution >= 0.6 is 0 Å². The van der Waals surface area contributed by atoms with Crippen LogP contribution in [0.1, 0.15) is 79.0 Å². The maximum atomic E-state index is 12.4. The molecule has 0 aliphatic heterocycles. The van der Waals surface area contributed by atoms with Crippen LogP contribution in [0, 0.1) is 0 Å². The van der Waals surface area contributed by atoms with E-state index in [0.29, 0.717) is 47.0 Å². The summed E-state index contributed by atoms with van der Waals surface area (Å²) in [5, 5.41) is 23.7. The molecule has 43 heavy (non-hydrogen) atoms. The molecule has 0 saturated heterocycles. The van der Waals surface area contributed by atoms with Gasteiger partial charge in [-0.1, -0.05) is 45.0 Å². The Balaban J connectivity index is 1.83. The quantitative estimate of drug-likeness (QED) is 0.178. The Morgan fingerprint density at radius 1 is 0.628 bits per heavy atom. The lowest BCUT2D eigenvalue weighted by atomic mass is 9.84. The highest BCUT2D eigenvalue weighted by molar-refractivity contribution is 5.90. The Kier molecular flexibility index (Phi) is 10.2. The molecule has 9 heteroatoms. The van der Waals surface area contributed by atoms with Gasteiger partial charge in [0.05, 0.1) is 22.7 Å². The third-order valence-corrected chi connectivity index (χ3v) is 6.20. The number of para-hydroxylation sites is 4. The Labute approximate surface area is 255 Å². The Morgan fingerprint density at radius 2 is 0.977 bits per heavy atom. The molecule has 0 radical (unpaired) electrons. The average molecular weight is 591 g/mol. The van der Waals surface area contributed by atoms with E-state index in [9.17, 15) is 14.7 Å². The van der Waals surface area contributed by atoms with Crippen molar-refractivity contribution in [1.29, 1.82) is 0 Å². The minimum atomic E-state index is -0.623. The van der Waals surface area contributed by atoms with Crippen LogP contribution in [0.25, 0.3) is 0 Å². The second-order valence-electron chi connectivity index (χ2n) is 13.4. The molecule has 5 N–H and O–H groups in total. The number of amides is 2. The first kappa shape index (κ1) is 33.1. The molecule has 0 aromatic heterocycles. The largest absolute Gasteiger partial charge is 0.507 e. The number of phenols is 1. The smallest absolute Gasteiger partial charge is 0.412 e. The molecule has 0 heterocycles. The number of carbonyl (C=O) groups excluding carboxylic acids is 2. The van der Waals surface area contributed by atoms with Gasteiger partial charge in [0.15, 0.2) is 0 Å². The van der Waals surface area contributed by atoms with Crippen LogP contribution in [-0.2, 0) is 28.0 Å². The predicted octanol–water partition coefficient (Wildman–Crippen LogP) is 8.61. The van der Waals surface area contributed by atoms with E-state index in [1.54, 1.807) is 12.1 Å². The Hall–Kier alpha value is -4.40. The van der Waals surface area contributed by atoms with Gasteiger partial charge in [-0.25, -0.2) is 9.59 Å². The van der Waals surface area contributed by atoms with Crippen molar-refractivity contribution in [3.8, 4) is 5.75 Å². The summed E-state index contributed by atoms with van der Waals surface area (Å²) in [5.74, 6) is 0.156. The molecule has 0 aliphatic carbocycles. The fraction of sp³-hybridized carbons (Fsp3) is 0.412. The van der Waals surface area contributed by atoms with E-state index < -0.39 is 23.4 Å². The zero-order valence-electron chi connectivity index (χ0n) is 26.8. The lowest BCUT2D eigenvalue weighted by Gasteiger charge is -2.24. The van der Waals surface area contributed by atoms with Crippen LogP contribution in [0.5, 0.6) is 5.75 Å². The standard InChI is InChI=1S/C34H46N4O5/c1-32(2,3)24-18-22(20-35-25-14-10-12-16-27(25)37-30(40)42-33(4,5)6)29(39)23(19-24)21-36-26-15-11-13-17-28(26)38-31(41)43-34(7,8)9/h10-19,35-36,39H,20-21H2,1-9H3,(H,37,40)(H,38,41). The first-order valence-electron chi connectivity index (χ1n) is 14.4. The molecular weight excluding hydrogens is 544 g/mol. The molecule has 3 aromatic rings. The van der Waals surface area contributed by atoms with Crippen molar-refractivity contribution in [2.24, 2.45) is 0 Å². The number of rotatable bonds is 8. The molecule has 0 bridgehead atoms. The number of hydrogen-bond donors (Lipinski definition) is 5. The first-order chi connectivity index (χ1) is 19.9. The molecule has 0 atom stereocenters. The van der Waals surface area contributed by atoms with Gasteiger partial charge in [0.25, 0.3) is 0 Å². The summed E-state index contributed by atoms with van der Waals surface area (Å²) in [5.41, 5.74) is 3.56. The van der Waals surface area contributed by atoms with Crippen molar-refractivity contribution in [3.63, 3.8) is 0 Å². The van der Waals surface area contributed by atoms with Crippen LogP contribution in [0.4, 0.5) is 32.3 Å². The van der Waals surface area contributed by atoms with Crippen molar-refractivity contribution in [2.75, 3.05) is 21.3 Å². The van der Waals surface area contributed by atoms with Gasteiger partial charge in [0, 0.05) is 24.2 Å². The third kappa shape index (κ3) is 10.4. The van der Waals surface area contributed by atoms with Gasteiger partial charge in [-0.2, -0.15) is 0 Å². The average Bonchev–Trinajstić information content (AvgIpc) is 2.86. The number of nitrogens with one attached hydrogen (secondary N) is 4. The molecule has 0 fully saturated rings. The normalized spacial score (nSPS) is 11.8. The second-order valence-corrected chi connectivity index (χ2v) is 13.4. The van der Waals surface area contributed by atoms with Gasteiger partial charge in [0.2, 0.25) is 0 Å². The summed E-state index contributed by atoms with van der Waals surface area (Å²) < 4.78 is 10.8. The van der Waals surface area contributed by atoms with Gasteiger partial charge >= 0.3 is 12.2 Å². The van der Waals surface area contributed by atoms with E-state index in [1.807, 2.05) is 90.1 Å². The summed E-state index contributed by atoms with van der Waals surface area (Å²) in [6.07, 6.45) is -1.09. The molecule has 2 amide bonds. The summed E-state index contributed by atoms with van der Waals surface area (Å²) in [4.78, 5) is 24.8. The van der Waals surface area contributed by atoms with E-state index in [-0.39, 0.29) is 11.2 Å². The van der Waals surface area contributed by atoms with Gasteiger partial charge in [-0.15, -0.1) is 0 Å². The maximum absolute atomic E-state index is 12.4. The van der Waals surface area contributed by atoms with Gasteiger partial charge in [-0.3, -0.25) is 10.6 Å². The lowest BCUT2D eigenvalue weighted by Crippen LogP contribution is -2.27. The van der Waals surface area contributed by atoms with Gasteiger partial charge in [-0.05, 0) is 88.9 Å². The Bertz CT molecular complexity index is 1330. The molecule has 0 spiro atoms. The molecule has 0 aliphatic rings. The fourth-order valence-corrected chi connectivity index (χ4v) is 4.16. The van der Waals surface area contributed by atoms with Crippen molar-refractivity contribution in [2.45, 2.75) is 92.0 Å². The number of carbonyl (C=O) groups is 2. The zero-order valence-corrected chi connectivity index (χ0v) is 26.8. The summed E-state index contributed by atoms with van der Waals surface area (Å²) in [6, 6.07) is 18.7. The molecule has 232 valence electrons. The summed E-state index contributed by atoms with van der Waals surface area (Å²) >= 11 is 0. The van der Waals surface area contributed by atoms with E-state index in [0.717, 1.165) is 5.56 Å². The number of hydrogen-bond acceptors (Lipinski definition) is 7. The monoisotopic (exact) mass is 590 g/mol. The predicted molar refractivity (Wildman–Crippen MR) is 174 cm³/mol. The number of ether oxygens (including phenoxy) is 2. The molecule has 0 saturated carbocycles. The zero-order chi connectivity index (χ0) is 32.0. The lowest BCUT2D eigenvalue weighted by molar-refractivity contribution is 0.0624. The van der Waals surface area contributed by atoms with Crippen LogP contribution < -0.4 is 21.3 Å². The Morgan fingerprint density at radius 3 is 1.30 bits per heavy atom. The minimum Gasteiger partial charge on any atom is -0.507 e. The molecule has 3 aromatic carbocycles. The van der Waals surface area contributed by atoms with Crippen LogP contribution in [0.15, 0.2) is 60.7 Å². The number of anilines is 4. The first-order valence-corrected chi connectivity index (χ1v) is 14.4. The second kappa shape index (κ2) is 13.3. The van der Waals surface area contributed by atoms with Crippen LogP contribution in [0.2, 0.25) is 0 Å². The molecule has 0 unspecified atom stereocenters. The maximum Gasteiger partial charge on any atom is 0.412 e. The van der Waals surface area contributed by atoms with Crippen LogP contribution in [0.3, 0.4) is 0 Å². The SMILES string of the molecule is CC(C)(C)OC(=O)Nc1ccccc1NCc1cc(C(C)(C)C)cc(CNc2ccccc2NC(=O)OC(C)(C)C)c1O. The minimum absolute atomic E-state index is 0.156. The van der Waals surface area contributed by atoms with Crippen molar-refractivity contribution in [1.82, 2.24) is 0 Å². The van der Waals surface area contributed by atoms with Crippen molar-refractivity contribution in [3.05, 3.63) is 77.4 Å². The van der Waals surface area contributed by atoms with E-state index in [4.69, 9.17) is 9.47 Å². The number of benzene rings is 3. The van der Waals surface area contributed by atoms with Gasteiger partial charge in [0.1, 0.15) is 17.0 Å². The van der Waals surface area contributed by atoms with Crippen molar-refractivity contribution >= 4 is 34.9 Å². The number of phenolic OH excluding ortho intramolecular Hbond substituents is 1. The fourth-order valence-electron chi connectivity index (χ4n) is 4.16. The molecule has 3 rings (SSSR count). The number of aromatic hydroxyl groups is 1. The molecule has 9 nitrogen and oxygen atoms in total. The third-order valence-electron chi connectivity index (χ3n) is 6.20. The topological polar surface area (TPSA) is 121 Å². The van der Waals surface area contributed by atoms with Crippen molar-refractivity contribution < 1.29 is 24.2 Å². The highest BCUT2D eigenvalue weighted by Gasteiger charge is 2.21. The van der Waals surface area contributed by atoms with E-state index in [1.165, 1.54) is 0 Å². The van der Waals surface area contributed by atoms with E-state index >= 15 is 0 Å². The van der Waals surface area contributed by atoms with Gasteiger partial charge < -0.3 is 25.2 Å². The summed E-state index contributed by atoms with van der Waals surface area (Å²) in [7, 11) is 0. The van der Waals surface area contributed by atoms with Crippen LogP contribution in [-0.4, -0.2) is 28.5 Å². The van der Waals surface area contributed by atoms with E-state index in [2.05, 4.69) is 42.0 Å². The molecular formula is C34H46N4O5. The highest BCUT2D eigenvalue weighted by Crippen LogP contribution is 2.33. The highest BCUT2D eigenvalue weighted by atomic mass is 16.6.